The SMILES string of the molecule is CC(=O)CCC(C(=O)c1cccnc1Cl)C(C)S(=O)(=O)O. The van der Waals surface area contributed by atoms with Gasteiger partial charge in [-0.25, -0.2) is 4.98 Å². The maximum absolute atomic E-state index is 12.5. The van der Waals surface area contributed by atoms with Gasteiger partial charge in [-0.1, -0.05) is 11.6 Å². The van der Waals surface area contributed by atoms with Gasteiger partial charge in [0.15, 0.2) is 5.78 Å². The molecule has 116 valence electrons. The highest BCUT2D eigenvalue weighted by Crippen LogP contribution is 2.25. The predicted octanol–water partition coefficient (Wildman–Crippen LogP) is 2.18. The molecule has 1 aromatic heterocycles. The maximum atomic E-state index is 12.5. The largest absolute Gasteiger partial charge is 0.300 e. The van der Waals surface area contributed by atoms with E-state index in [4.69, 9.17) is 11.6 Å². The molecular weight excluding hydrogens is 318 g/mol. The minimum Gasteiger partial charge on any atom is -0.300 e. The molecule has 0 amide bonds. The molecule has 1 N–H and O–H groups in total. The number of nitrogens with zero attached hydrogens (tertiary/aromatic N) is 1. The van der Waals surface area contributed by atoms with E-state index in [-0.39, 0.29) is 29.3 Å². The molecule has 0 saturated heterocycles. The van der Waals surface area contributed by atoms with E-state index < -0.39 is 27.1 Å². The minimum atomic E-state index is -4.41. The smallest absolute Gasteiger partial charge is 0.268 e. The number of rotatable bonds is 7. The van der Waals surface area contributed by atoms with Crippen LogP contribution in [0.1, 0.15) is 37.0 Å². The van der Waals surface area contributed by atoms with Crippen LogP contribution >= 0.6 is 11.6 Å². The van der Waals surface area contributed by atoms with Crippen LogP contribution in [0.3, 0.4) is 0 Å². The summed E-state index contributed by atoms with van der Waals surface area (Å²) in [5.74, 6) is -1.79. The van der Waals surface area contributed by atoms with E-state index in [1.54, 1.807) is 0 Å². The number of hydrogen-bond donors (Lipinski definition) is 1. The van der Waals surface area contributed by atoms with Crippen LogP contribution in [0.25, 0.3) is 0 Å². The zero-order valence-corrected chi connectivity index (χ0v) is 13.2. The lowest BCUT2D eigenvalue weighted by atomic mass is 9.90. The van der Waals surface area contributed by atoms with Crippen molar-refractivity contribution in [3.63, 3.8) is 0 Å². The lowest BCUT2D eigenvalue weighted by Gasteiger charge is -2.20. The minimum absolute atomic E-state index is 0.0142. The first-order valence-electron chi connectivity index (χ1n) is 6.25. The van der Waals surface area contributed by atoms with Crippen molar-refractivity contribution in [1.29, 1.82) is 0 Å². The third-order valence-corrected chi connectivity index (χ3v) is 4.77. The monoisotopic (exact) mass is 333 g/mol. The van der Waals surface area contributed by atoms with Gasteiger partial charge in [-0.2, -0.15) is 8.42 Å². The van der Waals surface area contributed by atoms with E-state index in [2.05, 4.69) is 4.98 Å². The van der Waals surface area contributed by atoms with Gasteiger partial charge in [0.1, 0.15) is 10.9 Å². The fraction of sp³-hybridized carbons (Fsp3) is 0.462. The van der Waals surface area contributed by atoms with Gasteiger partial charge in [0.25, 0.3) is 10.1 Å². The molecule has 0 aliphatic carbocycles. The fourth-order valence-electron chi connectivity index (χ4n) is 1.91. The first-order valence-corrected chi connectivity index (χ1v) is 8.13. The summed E-state index contributed by atoms with van der Waals surface area (Å²) in [6.07, 6.45) is 1.45. The van der Waals surface area contributed by atoms with Crippen molar-refractivity contribution in [2.75, 3.05) is 0 Å². The van der Waals surface area contributed by atoms with Gasteiger partial charge in [-0.3, -0.25) is 9.35 Å². The molecule has 2 unspecified atom stereocenters. The van der Waals surface area contributed by atoms with Crippen LogP contribution in [0, 0.1) is 5.92 Å². The van der Waals surface area contributed by atoms with Crippen LogP contribution in [-0.2, 0) is 14.9 Å². The van der Waals surface area contributed by atoms with E-state index in [0.29, 0.717) is 0 Å². The summed E-state index contributed by atoms with van der Waals surface area (Å²) in [5.41, 5.74) is 0.0724. The zero-order chi connectivity index (χ0) is 16.2. The van der Waals surface area contributed by atoms with Crippen molar-refractivity contribution in [3.05, 3.63) is 29.0 Å². The molecule has 8 heteroatoms. The molecule has 0 aliphatic rings. The number of aromatic nitrogens is 1. The number of hydrogen-bond acceptors (Lipinski definition) is 5. The Morgan fingerprint density at radius 1 is 1.43 bits per heavy atom. The Morgan fingerprint density at radius 3 is 2.52 bits per heavy atom. The second-order valence-electron chi connectivity index (χ2n) is 4.77. The Balaban J connectivity index is 3.14. The van der Waals surface area contributed by atoms with Gasteiger partial charge >= 0.3 is 0 Å². The van der Waals surface area contributed by atoms with Crippen LogP contribution in [0.5, 0.6) is 0 Å². The van der Waals surface area contributed by atoms with Crippen LogP contribution in [0.2, 0.25) is 5.15 Å². The normalized spacial score (nSPS) is 14.5. The molecule has 0 radical (unpaired) electrons. The topological polar surface area (TPSA) is 101 Å². The summed E-state index contributed by atoms with van der Waals surface area (Å²) in [6.45, 7) is 2.57. The van der Waals surface area contributed by atoms with E-state index in [1.165, 1.54) is 32.2 Å². The molecule has 0 saturated carbocycles. The molecule has 21 heavy (non-hydrogen) atoms. The summed E-state index contributed by atoms with van der Waals surface area (Å²) in [7, 11) is -4.41. The standard InChI is InChI=1S/C13H16ClNO5S/c1-8(16)5-6-10(9(2)21(18,19)20)12(17)11-4-3-7-15-13(11)14/h3-4,7,9-10H,5-6H2,1-2H3,(H,18,19,20). The molecule has 2 atom stereocenters. The first kappa shape index (κ1) is 17.7. The van der Waals surface area contributed by atoms with E-state index in [1.807, 2.05) is 0 Å². The molecule has 0 fully saturated rings. The Labute approximate surface area is 128 Å². The molecule has 1 aromatic rings. The van der Waals surface area contributed by atoms with Gasteiger partial charge in [-0.15, -0.1) is 0 Å². The molecule has 0 aliphatic heterocycles. The van der Waals surface area contributed by atoms with Crippen molar-refractivity contribution in [2.45, 2.75) is 31.9 Å². The molecule has 6 nitrogen and oxygen atoms in total. The van der Waals surface area contributed by atoms with E-state index in [9.17, 15) is 22.6 Å². The Kier molecular flexibility index (Phi) is 6.00. The van der Waals surface area contributed by atoms with Crippen molar-refractivity contribution >= 4 is 33.3 Å². The molecule has 1 rings (SSSR count). The second-order valence-corrected chi connectivity index (χ2v) is 6.90. The fourth-order valence-corrected chi connectivity index (χ4v) is 2.80. The second kappa shape index (κ2) is 7.11. The van der Waals surface area contributed by atoms with Crippen molar-refractivity contribution in [2.24, 2.45) is 5.92 Å². The van der Waals surface area contributed by atoms with Gasteiger partial charge in [-0.05, 0) is 32.4 Å². The van der Waals surface area contributed by atoms with Crippen molar-refractivity contribution in [3.8, 4) is 0 Å². The van der Waals surface area contributed by atoms with Crippen LogP contribution in [-0.4, -0.2) is 34.8 Å². The molecule has 0 spiro atoms. The average molecular weight is 334 g/mol. The summed E-state index contributed by atoms with van der Waals surface area (Å²) in [5, 5.41) is -1.38. The molecule has 0 bridgehead atoms. The average Bonchev–Trinajstić information content (AvgIpc) is 2.37. The van der Waals surface area contributed by atoms with E-state index in [0.717, 1.165) is 0 Å². The van der Waals surface area contributed by atoms with E-state index >= 15 is 0 Å². The lowest BCUT2D eigenvalue weighted by Crippen LogP contribution is -2.33. The zero-order valence-electron chi connectivity index (χ0n) is 11.6. The number of Topliss-reactive ketones (excluding diaryl/α,β-unsaturated/α-hetero) is 2. The van der Waals surface area contributed by atoms with Crippen LogP contribution in [0.15, 0.2) is 18.3 Å². The van der Waals surface area contributed by atoms with Crippen molar-refractivity contribution in [1.82, 2.24) is 4.98 Å². The highest BCUT2D eigenvalue weighted by Gasteiger charge is 2.34. The summed E-state index contributed by atoms with van der Waals surface area (Å²) in [6, 6.07) is 2.93. The molecule has 1 heterocycles. The molecular formula is C13H16ClNO5S. The Hall–Kier alpha value is -1.31. The van der Waals surface area contributed by atoms with Gasteiger partial charge < -0.3 is 4.79 Å². The maximum Gasteiger partial charge on any atom is 0.268 e. The van der Waals surface area contributed by atoms with Crippen LogP contribution < -0.4 is 0 Å². The van der Waals surface area contributed by atoms with Gasteiger partial charge in [0, 0.05) is 18.5 Å². The Bertz CT molecular complexity index is 644. The summed E-state index contributed by atoms with van der Waals surface area (Å²) in [4.78, 5) is 27.3. The third kappa shape index (κ3) is 4.87. The number of carbonyl (C=O) groups is 2. The number of halogens is 1. The number of carbonyl (C=O) groups excluding carboxylic acids is 2. The predicted molar refractivity (Wildman–Crippen MR) is 78.0 cm³/mol. The summed E-state index contributed by atoms with van der Waals surface area (Å²) >= 11 is 5.83. The quantitative estimate of drug-likeness (QED) is 0.466. The number of pyridine rings is 1. The summed E-state index contributed by atoms with van der Waals surface area (Å²) < 4.78 is 31.8. The lowest BCUT2D eigenvalue weighted by molar-refractivity contribution is -0.117. The molecule has 0 aromatic carbocycles. The highest BCUT2D eigenvalue weighted by molar-refractivity contribution is 7.86. The van der Waals surface area contributed by atoms with Crippen LogP contribution in [0.4, 0.5) is 0 Å². The third-order valence-electron chi connectivity index (χ3n) is 3.21. The van der Waals surface area contributed by atoms with Crippen molar-refractivity contribution < 1.29 is 22.6 Å². The first-order chi connectivity index (χ1) is 9.64. The number of ketones is 2. The van der Waals surface area contributed by atoms with Gasteiger partial charge in [0.2, 0.25) is 0 Å². The Morgan fingerprint density at radius 2 is 2.05 bits per heavy atom. The highest BCUT2D eigenvalue weighted by atomic mass is 35.5. The van der Waals surface area contributed by atoms with Gasteiger partial charge in [0.05, 0.1) is 10.8 Å².